The van der Waals surface area contributed by atoms with Crippen LogP contribution in [-0.2, 0) is 19.6 Å². The summed E-state index contributed by atoms with van der Waals surface area (Å²) in [6.07, 6.45) is 3.63. The van der Waals surface area contributed by atoms with Crippen LogP contribution in [0.25, 0.3) is 22.3 Å². The minimum absolute atomic E-state index is 0.0356. The van der Waals surface area contributed by atoms with E-state index in [4.69, 9.17) is 10.5 Å². The van der Waals surface area contributed by atoms with Crippen molar-refractivity contribution >= 4 is 38.6 Å². The standard InChI is InChI=1S/C25H27N7O5S/c1-2-37-15-22(34)29-19-13-31(14-21(19)33)20-9-11-27-24-23(20)17(18-8-10-28-25(26)30-18)12-32(24)38(35,36)16-6-4-3-5-7-16/h3-12,19,21,33H,2,13-15H2,1H3,(H,29,34)(H2,26,28,30)/t19-,21+/m1/s1. The Morgan fingerprint density at radius 2 is 1.92 bits per heavy atom. The number of nitrogens with two attached hydrogens (primary N) is 1. The molecule has 0 aliphatic carbocycles. The van der Waals surface area contributed by atoms with Gasteiger partial charge in [0.05, 0.1) is 33.8 Å². The number of ether oxygens (including phenoxy) is 1. The molecule has 1 saturated heterocycles. The summed E-state index contributed by atoms with van der Waals surface area (Å²) in [6.45, 7) is 2.60. The molecule has 0 unspecified atom stereocenters. The van der Waals surface area contributed by atoms with E-state index >= 15 is 0 Å². The lowest BCUT2D eigenvalue weighted by Crippen LogP contribution is -2.44. The summed E-state index contributed by atoms with van der Waals surface area (Å²) < 4.78 is 33.6. The lowest BCUT2D eigenvalue weighted by Gasteiger charge is -2.20. The summed E-state index contributed by atoms with van der Waals surface area (Å²) >= 11 is 0. The van der Waals surface area contributed by atoms with E-state index in [1.54, 1.807) is 37.3 Å². The Morgan fingerprint density at radius 3 is 2.66 bits per heavy atom. The van der Waals surface area contributed by atoms with E-state index in [0.717, 1.165) is 3.97 Å². The van der Waals surface area contributed by atoms with Crippen LogP contribution in [0.4, 0.5) is 11.6 Å². The van der Waals surface area contributed by atoms with Crippen molar-refractivity contribution in [1.82, 2.24) is 24.2 Å². The van der Waals surface area contributed by atoms with E-state index in [1.165, 1.54) is 30.7 Å². The number of pyridine rings is 1. The summed E-state index contributed by atoms with van der Waals surface area (Å²) in [4.78, 5) is 26.9. The number of carbonyl (C=O) groups is 1. The highest BCUT2D eigenvalue weighted by Gasteiger charge is 2.35. The highest BCUT2D eigenvalue weighted by molar-refractivity contribution is 7.90. The van der Waals surface area contributed by atoms with Crippen molar-refractivity contribution in [3.05, 3.63) is 61.1 Å². The quantitative estimate of drug-likeness (QED) is 0.295. The molecule has 2 atom stereocenters. The first-order valence-electron chi connectivity index (χ1n) is 12.0. The van der Waals surface area contributed by atoms with E-state index in [1.807, 2.05) is 4.90 Å². The molecule has 4 aromatic rings. The third-order valence-corrected chi connectivity index (χ3v) is 7.96. The predicted molar refractivity (Wildman–Crippen MR) is 141 cm³/mol. The van der Waals surface area contributed by atoms with E-state index in [0.29, 0.717) is 35.5 Å². The maximum absolute atomic E-state index is 13.7. The van der Waals surface area contributed by atoms with Gasteiger partial charge in [-0.25, -0.2) is 27.3 Å². The summed E-state index contributed by atoms with van der Waals surface area (Å²) in [5, 5.41) is 14.0. The van der Waals surface area contributed by atoms with Crippen molar-refractivity contribution in [2.75, 3.05) is 36.9 Å². The van der Waals surface area contributed by atoms with Crippen molar-refractivity contribution < 1.29 is 23.1 Å². The summed E-state index contributed by atoms with van der Waals surface area (Å²) in [5.74, 6) is -0.289. The number of anilines is 2. The zero-order valence-corrected chi connectivity index (χ0v) is 21.4. The normalized spacial score (nSPS) is 17.7. The maximum Gasteiger partial charge on any atom is 0.269 e. The van der Waals surface area contributed by atoms with Gasteiger partial charge < -0.3 is 25.8 Å². The molecule has 1 amide bonds. The SMILES string of the molecule is CCOCC(=O)N[C@@H]1CN(c2ccnc3c2c(-c2ccnc(N)n2)cn3S(=O)(=O)c2ccccc2)C[C@@H]1O. The van der Waals surface area contributed by atoms with Gasteiger partial charge in [-0.05, 0) is 31.2 Å². The molecular weight excluding hydrogens is 510 g/mol. The molecule has 13 heteroatoms. The van der Waals surface area contributed by atoms with Gasteiger partial charge in [0.1, 0.15) is 6.61 Å². The number of carbonyl (C=O) groups excluding carboxylic acids is 1. The first-order chi connectivity index (χ1) is 18.3. The minimum Gasteiger partial charge on any atom is -0.389 e. The number of aliphatic hydroxyl groups is 1. The molecule has 12 nitrogen and oxygen atoms in total. The highest BCUT2D eigenvalue weighted by Crippen LogP contribution is 2.38. The van der Waals surface area contributed by atoms with Crippen LogP contribution < -0.4 is 16.0 Å². The van der Waals surface area contributed by atoms with Gasteiger partial charge in [0.2, 0.25) is 11.9 Å². The lowest BCUT2D eigenvalue weighted by molar-refractivity contribution is -0.126. The van der Waals surface area contributed by atoms with Crippen LogP contribution in [0.1, 0.15) is 6.92 Å². The van der Waals surface area contributed by atoms with Crippen molar-refractivity contribution in [2.45, 2.75) is 24.0 Å². The van der Waals surface area contributed by atoms with Crippen molar-refractivity contribution in [2.24, 2.45) is 0 Å². The van der Waals surface area contributed by atoms with Gasteiger partial charge in [-0.15, -0.1) is 0 Å². The molecule has 0 saturated carbocycles. The maximum atomic E-state index is 13.7. The molecule has 0 radical (unpaired) electrons. The fourth-order valence-corrected chi connectivity index (χ4v) is 5.89. The number of aromatic nitrogens is 4. The van der Waals surface area contributed by atoms with Gasteiger partial charge in [0.25, 0.3) is 10.0 Å². The third-order valence-electron chi connectivity index (χ3n) is 6.30. The number of aliphatic hydroxyl groups excluding tert-OH is 1. The number of rotatable bonds is 8. The predicted octanol–water partition coefficient (Wildman–Crippen LogP) is 1.01. The number of benzene rings is 1. The third kappa shape index (κ3) is 4.78. The van der Waals surface area contributed by atoms with Gasteiger partial charge in [-0.3, -0.25) is 4.79 Å². The number of β-amino-alcohol motifs (C(OH)–C–C–N with tert-alkyl or cyclic N) is 1. The number of nitrogen functional groups attached to an aromatic ring is 1. The van der Waals surface area contributed by atoms with Crippen LogP contribution >= 0.6 is 0 Å². The second-order valence-electron chi connectivity index (χ2n) is 8.77. The van der Waals surface area contributed by atoms with Crippen molar-refractivity contribution in [1.29, 1.82) is 0 Å². The molecule has 4 N–H and O–H groups in total. The molecule has 3 aromatic heterocycles. The van der Waals surface area contributed by atoms with Gasteiger partial charge in [-0.2, -0.15) is 0 Å². The molecule has 0 bridgehead atoms. The van der Waals surface area contributed by atoms with E-state index < -0.39 is 22.2 Å². The van der Waals surface area contributed by atoms with Crippen molar-refractivity contribution in [3.8, 4) is 11.3 Å². The molecular formula is C25H27N7O5S. The average molecular weight is 538 g/mol. The number of hydrogen-bond acceptors (Lipinski definition) is 10. The van der Waals surface area contributed by atoms with Gasteiger partial charge in [0, 0.05) is 43.9 Å². The van der Waals surface area contributed by atoms with E-state index in [-0.39, 0.29) is 35.5 Å². The van der Waals surface area contributed by atoms with Crippen molar-refractivity contribution in [3.63, 3.8) is 0 Å². The fraction of sp³-hybridized carbons (Fsp3) is 0.280. The van der Waals surface area contributed by atoms with Crippen LogP contribution in [0.2, 0.25) is 0 Å². The van der Waals surface area contributed by atoms with Crippen LogP contribution in [0.5, 0.6) is 0 Å². The number of fused-ring (bicyclic) bond motifs is 1. The van der Waals surface area contributed by atoms with Gasteiger partial charge in [-0.1, -0.05) is 18.2 Å². The smallest absolute Gasteiger partial charge is 0.269 e. The average Bonchev–Trinajstić information content (AvgIpc) is 3.49. The molecule has 1 aliphatic rings. The Hall–Kier alpha value is -4.07. The monoisotopic (exact) mass is 537 g/mol. The molecule has 0 spiro atoms. The lowest BCUT2D eigenvalue weighted by atomic mass is 10.1. The van der Waals surface area contributed by atoms with Crippen LogP contribution in [-0.4, -0.2) is 76.8 Å². The molecule has 5 rings (SSSR count). The number of nitrogens with zero attached hydrogens (tertiary/aromatic N) is 5. The summed E-state index contributed by atoms with van der Waals surface area (Å²) in [6, 6.07) is 10.9. The Kier molecular flexibility index (Phi) is 6.97. The fourth-order valence-electron chi connectivity index (χ4n) is 4.55. The van der Waals surface area contributed by atoms with Crippen LogP contribution in [0.3, 0.4) is 0 Å². The Morgan fingerprint density at radius 1 is 1.16 bits per heavy atom. The Labute approximate surface area is 219 Å². The van der Waals surface area contributed by atoms with Gasteiger partial charge >= 0.3 is 0 Å². The van der Waals surface area contributed by atoms with Crippen LogP contribution in [0.15, 0.2) is 66.0 Å². The van der Waals surface area contributed by atoms with E-state index in [9.17, 15) is 18.3 Å². The first kappa shape index (κ1) is 25.6. The molecule has 1 aliphatic heterocycles. The number of amides is 1. The Bertz CT molecular complexity index is 1580. The Balaban J connectivity index is 1.62. The topological polar surface area (TPSA) is 166 Å². The molecule has 4 heterocycles. The largest absolute Gasteiger partial charge is 0.389 e. The number of hydrogen-bond donors (Lipinski definition) is 3. The molecule has 198 valence electrons. The minimum atomic E-state index is -4.01. The zero-order chi connectivity index (χ0) is 26.9. The highest BCUT2D eigenvalue weighted by atomic mass is 32.2. The molecule has 1 aromatic carbocycles. The summed E-state index contributed by atoms with van der Waals surface area (Å²) in [7, 11) is -4.01. The zero-order valence-electron chi connectivity index (χ0n) is 20.6. The number of nitrogens with one attached hydrogen (secondary N) is 1. The summed E-state index contributed by atoms with van der Waals surface area (Å²) in [5.41, 5.74) is 7.56. The van der Waals surface area contributed by atoms with E-state index in [2.05, 4.69) is 20.3 Å². The van der Waals surface area contributed by atoms with Crippen LogP contribution in [0, 0.1) is 0 Å². The first-order valence-corrected chi connectivity index (χ1v) is 13.4. The second-order valence-corrected chi connectivity index (χ2v) is 10.6. The molecule has 1 fully saturated rings. The van der Waals surface area contributed by atoms with Gasteiger partial charge in [0.15, 0.2) is 5.65 Å². The molecule has 38 heavy (non-hydrogen) atoms. The second kappa shape index (κ2) is 10.4.